The summed E-state index contributed by atoms with van der Waals surface area (Å²) >= 11 is 0. The third-order valence-corrected chi connectivity index (χ3v) is 8.28. The van der Waals surface area contributed by atoms with Crippen molar-refractivity contribution >= 4 is 45.5 Å². The van der Waals surface area contributed by atoms with E-state index in [9.17, 15) is 0 Å². The number of allylic oxidation sites excluding steroid dienone is 5. The topological polar surface area (TPSA) is 39.6 Å². The largest absolute Gasteiger partial charge is 0.355 e. The van der Waals surface area contributed by atoms with Crippen molar-refractivity contribution in [2.24, 2.45) is 0 Å². The number of aromatic nitrogens is 1. The van der Waals surface area contributed by atoms with Crippen molar-refractivity contribution in [2.75, 3.05) is 0 Å². The van der Waals surface area contributed by atoms with Crippen LogP contribution in [0.2, 0.25) is 0 Å². The second-order valence-corrected chi connectivity index (χ2v) is 10.8. The molecule has 236 valence electrons. The Hall–Kier alpha value is -6.25. The van der Waals surface area contributed by atoms with E-state index in [-0.39, 0.29) is 0 Å². The van der Waals surface area contributed by atoms with Crippen molar-refractivity contribution < 1.29 is 0 Å². The van der Waals surface area contributed by atoms with Crippen molar-refractivity contribution in [3.05, 3.63) is 190 Å². The number of hydrogen-bond donors (Lipinski definition) is 2. The minimum Gasteiger partial charge on any atom is -0.355 e. The Kier molecular flexibility index (Phi) is 11.8. The third-order valence-electron chi connectivity index (χ3n) is 8.28. The zero-order valence-corrected chi connectivity index (χ0v) is 27.7. The Labute approximate surface area is 285 Å². The molecule has 0 spiro atoms. The Morgan fingerprint density at radius 3 is 1.88 bits per heavy atom. The van der Waals surface area contributed by atoms with Crippen LogP contribution in [0.15, 0.2) is 167 Å². The second kappa shape index (κ2) is 16.4. The summed E-state index contributed by atoms with van der Waals surface area (Å²) < 4.78 is 0. The molecule has 0 fully saturated rings. The van der Waals surface area contributed by atoms with Crippen LogP contribution in [0.5, 0.6) is 0 Å². The van der Waals surface area contributed by atoms with Crippen LogP contribution in [0.1, 0.15) is 22.4 Å². The van der Waals surface area contributed by atoms with Crippen LogP contribution in [-0.4, -0.2) is 11.2 Å². The molecule has 0 aliphatic heterocycles. The van der Waals surface area contributed by atoms with E-state index in [1.807, 2.05) is 18.2 Å². The van der Waals surface area contributed by atoms with Crippen LogP contribution in [0, 0.1) is 12.3 Å². The summed E-state index contributed by atoms with van der Waals surface area (Å²) in [6.45, 7) is 27.4. The Balaban J connectivity index is 0.000000808. The number of fused-ring (bicyclic) bond motifs is 2. The lowest BCUT2D eigenvalue weighted by molar-refractivity contribution is 1.33. The average Bonchev–Trinajstić information content (AvgIpc) is 3.63. The molecule has 2 N–H and O–H groups in total. The van der Waals surface area contributed by atoms with Gasteiger partial charge in [0.25, 0.3) is 0 Å². The summed E-state index contributed by atoms with van der Waals surface area (Å²) in [5.41, 5.74) is 11.9. The van der Waals surface area contributed by atoms with Gasteiger partial charge in [-0.25, -0.2) is 0 Å². The Bertz CT molecular complexity index is 2180. The normalized spacial score (nSPS) is 10.6. The highest BCUT2D eigenvalue weighted by Crippen LogP contribution is 2.45. The predicted octanol–water partition coefficient (Wildman–Crippen LogP) is 13.3. The standard InChI is InChI=1S/C40H32N2.C4H6.C2H4/c1-5-27(23-24-41)37-21-22-38(42-37)33-17-12-18-34(26(33)4)40-32(7-3)31(6-2)39(35-15-10-11-16-36(35)40)30-20-19-28-13-8-9-14-29(28)25-30;1-3-4-2;1-2/h5-25,41-42H,1-3H2,4H3;3-4H,1-2H2;1-2H2/b27-23+,41-24?;;. The molecular formula is C46H42N2. The molecule has 2 heteroatoms. The van der Waals surface area contributed by atoms with Crippen LogP contribution in [0.3, 0.4) is 0 Å². The molecular weight excluding hydrogens is 581 g/mol. The van der Waals surface area contributed by atoms with E-state index in [2.05, 4.69) is 149 Å². The summed E-state index contributed by atoms with van der Waals surface area (Å²) in [6, 6.07) is 34.4. The highest BCUT2D eigenvalue weighted by Gasteiger charge is 2.21. The molecule has 0 saturated carbocycles. The first-order valence-electron chi connectivity index (χ1n) is 15.7. The first-order valence-corrected chi connectivity index (χ1v) is 15.7. The lowest BCUT2D eigenvalue weighted by Crippen LogP contribution is -1.98. The van der Waals surface area contributed by atoms with E-state index in [1.54, 1.807) is 24.3 Å². The first-order chi connectivity index (χ1) is 23.5. The Morgan fingerprint density at radius 1 is 0.646 bits per heavy atom. The van der Waals surface area contributed by atoms with Crippen LogP contribution in [0.25, 0.3) is 72.8 Å². The predicted molar refractivity (Wildman–Crippen MR) is 216 cm³/mol. The molecule has 0 aliphatic carbocycles. The highest BCUT2D eigenvalue weighted by molar-refractivity contribution is 6.12. The average molecular weight is 623 g/mol. The van der Waals surface area contributed by atoms with Crippen LogP contribution >= 0.6 is 0 Å². The molecule has 0 amide bonds. The van der Waals surface area contributed by atoms with Crippen molar-refractivity contribution in [3.63, 3.8) is 0 Å². The molecule has 1 heterocycles. The summed E-state index contributed by atoms with van der Waals surface area (Å²) in [6.07, 6.45) is 12.0. The first kappa shape index (κ1) is 34.6. The van der Waals surface area contributed by atoms with Crippen molar-refractivity contribution in [1.82, 2.24) is 4.98 Å². The number of benzene rings is 5. The number of aromatic amines is 1. The van der Waals surface area contributed by atoms with Crippen LogP contribution in [0.4, 0.5) is 0 Å². The molecule has 0 saturated heterocycles. The van der Waals surface area contributed by atoms with Gasteiger partial charge in [-0.2, -0.15) is 0 Å². The molecule has 0 aliphatic rings. The molecule has 1 aromatic heterocycles. The van der Waals surface area contributed by atoms with E-state index in [0.29, 0.717) is 0 Å². The molecule has 48 heavy (non-hydrogen) atoms. The van der Waals surface area contributed by atoms with Gasteiger partial charge in [-0.1, -0.05) is 142 Å². The lowest BCUT2D eigenvalue weighted by Gasteiger charge is -2.22. The van der Waals surface area contributed by atoms with Gasteiger partial charge in [0.2, 0.25) is 0 Å². The van der Waals surface area contributed by atoms with Gasteiger partial charge >= 0.3 is 0 Å². The number of hydrogen-bond acceptors (Lipinski definition) is 1. The summed E-state index contributed by atoms with van der Waals surface area (Å²) in [4.78, 5) is 3.54. The molecule has 0 atom stereocenters. The summed E-state index contributed by atoms with van der Waals surface area (Å²) in [5.74, 6) is 0. The molecule has 2 nitrogen and oxygen atoms in total. The monoisotopic (exact) mass is 622 g/mol. The minimum atomic E-state index is 0.880. The van der Waals surface area contributed by atoms with E-state index in [1.165, 1.54) is 38.9 Å². The zero-order valence-electron chi connectivity index (χ0n) is 27.7. The smallest absolute Gasteiger partial charge is 0.0461 e. The third kappa shape index (κ3) is 6.79. The van der Waals surface area contributed by atoms with E-state index in [0.717, 1.165) is 50.3 Å². The van der Waals surface area contributed by atoms with Crippen molar-refractivity contribution in [3.8, 4) is 33.5 Å². The van der Waals surface area contributed by atoms with E-state index in [4.69, 9.17) is 5.41 Å². The number of H-pyrrole nitrogens is 1. The maximum absolute atomic E-state index is 7.48. The van der Waals surface area contributed by atoms with Gasteiger partial charge in [0.05, 0.1) is 0 Å². The van der Waals surface area contributed by atoms with E-state index < -0.39 is 0 Å². The SMILES string of the molecule is C=C.C=C/C(=C\C=N)c1ccc(-c2cccc(-c3c(C=C)c(C=C)c(-c4ccc5ccccc5c4)c4ccccc34)c2C)[nH]1.C=CC=C. The maximum atomic E-state index is 7.48. The fraction of sp³-hybridized carbons (Fsp3) is 0.0217. The fourth-order valence-electron chi connectivity index (χ4n) is 6.13. The zero-order chi connectivity index (χ0) is 34.6. The Morgan fingerprint density at radius 2 is 1.25 bits per heavy atom. The maximum Gasteiger partial charge on any atom is 0.0461 e. The molecule has 6 rings (SSSR count). The molecule has 5 aromatic carbocycles. The van der Waals surface area contributed by atoms with Gasteiger partial charge in [0.15, 0.2) is 0 Å². The van der Waals surface area contributed by atoms with Gasteiger partial charge in [-0.05, 0) is 97.3 Å². The van der Waals surface area contributed by atoms with Crippen molar-refractivity contribution in [2.45, 2.75) is 6.92 Å². The highest BCUT2D eigenvalue weighted by atomic mass is 14.7. The van der Waals surface area contributed by atoms with Gasteiger partial charge < -0.3 is 10.4 Å². The van der Waals surface area contributed by atoms with Gasteiger partial charge in [-0.3, -0.25) is 0 Å². The second-order valence-electron chi connectivity index (χ2n) is 10.8. The van der Waals surface area contributed by atoms with E-state index >= 15 is 0 Å². The number of rotatable bonds is 9. The fourth-order valence-corrected chi connectivity index (χ4v) is 6.13. The van der Waals surface area contributed by atoms with Gasteiger partial charge in [-0.15, -0.1) is 13.2 Å². The number of nitrogens with one attached hydrogen (secondary N) is 2. The van der Waals surface area contributed by atoms with Crippen LogP contribution < -0.4 is 0 Å². The summed E-state index contributed by atoms with van der Waals surface area (Å²) in [7, 11) is 0. The van der Waals surface area contributed by atoms with Crippen molar-refractivity contribution in [1.29, 1.82) is 5.41 Å². The molecule has 0 bridgehead atoms. The summed E-state index contributed by atoms with van der Waals surface area (Å²) in [5, 5.41) is 12.3. The molecule has 6 aromatic rings. The quantitative estimate of drug-likeness (QED) is 0.0915. The molecule has 0 radical (unpaired) electrons. The van der Waals surface area contributed by atoms with Crippen LogP contribution in [-0.2, 0) is 0 Å². The van der Waals surface area contributed by atoms with Gasteiger partial charge in [0, 0.05) is 23.2 Å². The molecule has 0 unspecified atom stereocenters. The van der Waals surface area contributed by atoms with Gasteiger partial charge in [0.1, 0.15) is 0 Å². The lowest BCUT2D eigenvalue weighted by atomic mass is 9.81. The minimum absolute atomic E-state index is 0.880.